The van der Waals surface area contributed by atoms with E-state index in [9.17, 15) is 0 Å². The number of fused-ring (bicyclic) bond motifs is 1. The molecule has 3 aromatic carbocycles. The molecule has 1 aromatic heterocycles. The van der Waals surface area contributed by atoms with Gasteiger partial charge in [-0.2, -0.15) is 4.98 Å². The van der Waals surface area contributed by atoms with Crippen LogP contribution in [0.15, 0.2) is 83.3 Å². The number of ether oxygens (including phenoxy) is 1. The number of methoxy groups -OCH3 is 1. The molecule has 4 aromatic rings. The summed E-state index contributed by atoms with van der Waals surface area (Å²) in [4.78, 5) is 4.72. The molecule has 0 radical (unpaired) electrons. The highest BCUT2D eigenvalue weighted by Crippen LogP contribution is 2.34. The van der Waals surface area contributed by atoms with Gasteiger partial charge in [0.05, 0.1) is 7.11 Å². The Balaban J connectivity index is 1.44. The first-order valence-electron chi connectivity index (χ1n) is 13.0. The lowest BCUT2D eigenvalue weighted by Gasteiger charge is -2.43. The molecule has 0 saturated carbocycles. The molecule has 1 aliphatic rings. The summed E-state index contributed by atoms with van der Waals surface area (Å²) in [7, 11) is 1.73. The van der Waals surface area contributed by atoms with Crippen LogP contribution >= 0.6 is 0 Å². The normalized spacial score (nSPS) is 20.8. The Morgan fingerprint density at radius 1 is 1.03 bits per heavy atom. The van der Waals surface area contributed by atoms with Crippen molar-refractivity contribution in [3.8, 4) is 5.75 Å². The van der Waals surface area contributed by atoms with Crippen LogP contribution in [0.25, 0.3) is 11.1 Å². The molecule has 1 aliphatic heterocycles. The Labute approximate surface area is 213 Å². The van der Waals surface area contributed by atoms with Gasteiger partial charge in [-0.1, -0.05) is 74.0 Å². The zero-order chi connectivity index (χ0) is 24.7. The first-order chi connectivity index (χ1) is 17.8. The van der Waals surface area contributed by atoms with Gasteiger partial charge in [0.15, 0.2) is 5.58 Å². The molecule has 0 amide bonds. The molecule has 0 bridgehead atoms. The van der Waals surface area contributed by atoms with Crippen molar-refractivity contribution in [1.29, 1.82) is 0 Å². The zero-order valence-corrected chi connectivity index (χ0v) is 21.1. The second-order valence-corrected chi connectivity index (χ2v) is 9.54. The molecule has 36 heavy (non-hydrogen) atoms. The van der Waals surface area contributed by atoms with Crippen LogP contribution < -0.4 is 20.7 Å². The predicted molar refractivity (Wildman–Crippen MR) is 145 cm³/mol. The van der Waals surface area contributed by atoms with Gasteiger partial charge >= 0.3 is 0 Å². The number of hydrogen-bond donors (Lipinski definition) is 3. The summed E-state index contributed by atoms with van der Waals surface area (Å²) in [6.45, 7) is 3.94. The smallest absolute Gasteiger partial charge is 0.295 e. The summed E-state index contributed by atoms with van der Waals surface area (Å²) < 4.78 is 11.7. The van der Waals surface area contributed by atoms with Crippen molar-refractivity contribution in [2.45, 2.75) is 50.9 Å². The third-order valence-corrected chi connectivity index (χ3v) is 7.26. The molecule has 6 heteroatoms. The van der Waals surface area contributed by atoms with Gasteiger partial charge in [0, 0.05) is 30.2 Å². The Morgan fingerprint density at radius 2 is 1.81 bits per heavy atom. The van der Waals surface area contributed by atoms with E-state index in [-0.39, 0.29) is 18.1 Å². The third kappa shape index (κ3) is 5.40. The molecule has 4 atom stereocenters. The highest BCUT2D eigenvalue weighted by molar-refractivity contribution is 5.74. The number of nitrogens with zero attached hydrogens (tertiary/aromatic N) is 1. The van der Waals surface area contributed by atoms with E-state index in [1.165, 1.54) is 5.56 Å². The molecule has 6 nitrogen and oxygen atoms in total. The minimum Gasteiger partial charge on any atom is -0.496 e. The fourth-order valence-corrected chi connectivity index (χ4v) is 5.54. The van der Waals surface area contributed by atoms with Crippen LogP contribution in [0.5, 0.6) is 5.75 Å². The average Bonchev–Trinajstić information content (AvgIpc) is 3.34. The standard InChI is InChI=1S/C30H36N4O2/c1-3-11-24(33-30-34-25-15-8-10-17-27(25)36-30)23-18-19-31-28(21-12-5-4-6-13-21)29(23)32-20-22-14-7-9-16-26(22)35-2/h4-10,12-17,23-24,28-29,31-32H,3,11,18-20H2,1-2H3,(H,33,34). The molecular formula is C30H36N4O2. The number of para-hydroxylation sites is 3. The number of aromatic nitrogens is 1. The number of benzene rings is 3. The number of nitrogens with one attached hydrogen (secondary N) is 3. The van der Waals surface area contributed by atoms with Crippen LogP contribution in [-0.4, -0.2) is 30.7 Å². The summed E-state index contributed by atoms with van der Waals surface area (Å²) in [5.74, 6) is 1.29. The van der Waals surface area contributed by atoms with E-state index in [4.69, 9.17) is 14.1 Å². The van der Waals surface area contributed by atoms with Gasteiger partial charge in [-0.05, 0) is 49.1 Å². The number of oxazole rings is 1. The molecule has 3 N–H and O–H groups in total. The maximum atomic E-state index is 6.07. The summed E-state index contributed by atoms with van der Waals surface area (Å²) in [6, 6.07) is 28.2. The van der Waals surface area contributed by atoms with Crippen LogP contribution in [0.4, 0.5) is 6.01 Å². The first kappa shape index (κ1) is 24.3. The Morgan fingerprint density at radius 3 is 2.61 bits per heavy atom. The molecular weight excluding hydrogens is 448 g/mol. The summed E-state index contributed by atoms with van der Waals surface area (Å²) in [5, 5.41) is 11.4. The van der Waals surface area contributed by atoms with Crippen molar-refractivity contribution < 1.29 is 9.15 Å². The number of piperidine rings is 1. The van der Waals surface area contributed by atoms with Crippen LogP contribution in [0.2, 0.25) is 0 Å². The number of anilines is 1. The number of rotatable bonds is 10. The molecule has 1 fully saturated rings. The average molecular weight is 485 g/mol. The molecule has 0 spiro atoms. The maximum Gasteiger partial charge on any atom is 0.295 e. The lowest BCUT2D eigenvalue weighted by molar-refractivity contribution is 0.188. The quantitative estimate of drug-likeness (QED) is 0.259. The van der Waals surface area contributed by atoms with Crippen molar-refractivity contribution >= 4 is 17.1 Å². The zero-order valence-electron chi connectivity index (χ0n) is 21.1. The fraction of sp³-hybridized carbons (Fsp3) is 0.367. The van der Waals surface area contributed by atoms with Gasteiger partial charge in [-0.15, -0.1) is 0 Å². The summed E-state index contributed by atoms with van der Waals surface area (Å²) in [5.41, 5.74) is 4.16. The van der Waals surface area contributed by atoms with Crippen molar-refractivity contribution in [1.82, 2.24) is 15.6 Å². The lowest BCUT2D eigenvalue weighted by Crippen LogP contribution is -2.55. The van der Waals surface area contributed by atoms with E-state index in [1.807, 2.05) is 36.4 Å². The van der Waals surface area contributed by atoms with Crippen LogP contribution in [0.3, 0.4) is 0 Å². The second kappa shape index (κ2) is 11.6. The van der Waals surface area contributed by atoms with Gasteiger partial charge in [0.1, 0.15) is 11.3 Å². The van der Waals surface area contributed by atoms with E-state index >= 15 is 0 Å². The Hall–Kier alpha value is -3.35. The topological polar surface area (TPSA) is 71.4 Å². The van der Waals surface area contributed by atoms with Crippen molar-refractivity contribution in [2.75, 3.05) is 19.0 Å². The lowest BCUT2D eigenvalue weighted by atomic mass is 9.78. The second-order valence-electron chi connectivity index (χ2n) is 9.54. The summed E-state index contributed by atoms with van der Waals surface area (Å²) >= 11 is 0. The molecule has 5 rings (SSSR count). The van der Waals surface area contributed by atoms with E-state index in [2.05, 4.69) is 65.3 Å². The van der Waals surface area contributed by atoms with Gasteiger partial charge in [-0.3, -0.25) is 0 Å². The Kier molecular flexibility index (Phi) is 7.84. The Bertz CT molecular complexity index is 1210. The highest BCUT2D eigenvalue weighted by atomic mass is 16.5. The van der Waals surface area contributed by atoms with Crippen LogP contribution in [0.1, 0.15) is 43.4 Å². The van der Waals surface area contributed by atoms with Gasteiger partial charge in [0.25, 0.3) is 6.01 Å². The molecule has 188 valence electrons. The van der Waals surface area contributed by atoms with Crippen molar-refractivity contribution in [3.05, 3.63) is 90.0 Å². The van der Waals surface area contributed by atoms with Crippen molar-refractivity contribution in [2.24, 2.45) is 5.92 Å². The third-order valence-electron chi connectivity index (χ3n) is 7.26. The van der Waals surface area contributed by atoms with Gasteiger partial charge in [-0.25, -0.2) is 0 Å². The molecule has 1 saturated heterocycles. The van der Waals surface area contributed by atoms with E-state index in [0.717, 1.165) is 54.8 Å². The summed E-state index contributed by atoms with van der Waals surface area (Å²) in [6.07, 6.45) is 3.18. The van der Waals surface area contributed by atoms with Crippen LogP contribution in [0, 0.1) is 5.92 Å². The first-order valence-corrected chi connectivity index (χ1v) is 13.0. The van der Waals surface area contributed by atoms with Gasteiger partial charge < -0.3 is 25.1 Å². The van der Waals surface area contributed by atoms with E-state index in [0.29, 0.717) is 11.9 Å². The molecule has 2 heterocycles. The number of hydrogen-bond acceptors (Lipinski definition) is 6. The maximum absolute atomic E-state index is 6.07. The highest BCUT2D eigenvalue weighted by Gasteiger charge is 2.38. The van der Waals surface area contributed by atoms with E-state index < -0.39 is 0 Å². The van der Waals surface area contributed by atoms with Gasteiger partial charge in [0.2, 0.25) is 0 Å². The van der Waals surface area contributed by atoms with Crippen LogP contribution in [-0.2, 0) is 6.54 Å². The SMILES string of the molecule is CCCC(Nc1nc2ccccc2o1)C1CCNC(c2ccccc2)C1NCc1ccccc1OC. The largest absolute Gasteiger partial charge is 0.496 e. The van der Waals surface area contributed by atoms with E-state index in [1.54, 1.807) is 7.11 Å². The fourth-order valence-electron chi connectivity index (χ4n) is 5.54. The molecule has 4 unspecified atom stereocenters. The molecule has 0 aliphatic carbocycles. The minimum atomic E-state index is 0.199. The monoisotopic (exact) mass is 484 g/mol. The minimum absolute atomic E-state index is 0.199. The van der Waals surface area contributed by atoms with Crippen molar-refractivity contribution in [3.63, 3.8) is 0 Å². The predicted octanol–water partition coefficient (Wildman–Crippen LogP) is 5.93.